The van der Waals surface area contributed by atoms with E-state index in [-0.39, 0.29) is 0 Å². The third-order valence-corrected chi connectivity index (χ3v) is 4.54. The van der Waals surface area contributed by atoms with Crippen molar-refractivity contribution in [1.82, 2.24) is 0 Å². The Balaban J connectivity index is 1.81. The van der Waals surface area contributed by atoms with E-state index in [1.807, 2.05) is 30.4 Å². The molecule has 0 amide bonds. The van der Waals surface area contributed by atoms with Gasteiger partial charge in [0.2, 0.25) is 0 Å². The first-order valence-electron chi connectivity index (χ1n) is 8.46. The van der Waals surface area contributed by atoms with Crippen molar-refractivity contribution in [3.63, 3.8) is 0 Å². The Morgan fingerprint density at radius 2 is 1.96 bits per heavy atom. The van der Waals surface area contributed by atoms with E-state index in [1.54, 1.807) is 6.07 Å². The topological polar surface area (TPSA) is 21.6 Å². The van der Waals surface area contributed by atoms with E-state index in [2.05, 4.69) is 31.0 Å². The van der Waals surface area contributed by atoms with Crippen molar-refractivity contribution in [3.05, 3.63) is 69.2 Å². The fraction of sp³-hybridized carbons (Fsp3) is 0.286. The first-order chi connectivity index (χ1) is 12.0. The Labute approximate surface area is 159 Å². The number of benzene rings is 2. The second kappa shape index (κ2) is 8.07. The lowest BCUT2D eigenvalue weighted by atomic mass is 9.96. The van der Waals surface area contributed by atoms with Crippen molar-refractivity contribution in [2.24, 2.45) is 10.9 Å². The molecule has 3 rings (SSSR count). The molecule has 0 unspecified atom stereocenters. The molecule has 25 heavy (non-hydrogen) atoms. The Hall–Kier alpha value is -1.77. The van der Waals surface area contributed by atoms with E-state index < -0.39 is 0 Å². The van der Waals surface area contributed by atoms with Crippen LogP contribution in [0.25, 0.3) is 6.08 Å². The summed E-state index contributed by atoms with van der Waals surface area (Å²) in [6.07, 6.45) is 4.94. The zero-order valence-corrected chi connectivity index (χ0v) is 15.9. The summed E-state index contributed by atoms with van der Waals surface area (Å²) in [7, 11) is 0. The van der Waals surface area contributed by atoms with Crippen molar-refractivity contribution in [2.45, 2.75) is 20.3 Å². The normalized spacial score (nSPS) is 13.9. The van der Waals surface area contributed by atoms with E-state index in [4.69, 9.17) is 27.9 Å². The second-order valence-electron chi connectivity index (χ2n) is 6.54. The minimum atomic E-state index is 0.514. The van der Waals surface area contributed by atoms with Gasteiger partial charge < -0.3 is 4.74 Å². The van der Waals surface area contributed by atoms with Gasteiger partial charge in [-0.15, -0.1) is 0 Å². The average Bonchev–Trinajstić information content (AvgIpc) is 2.59. The smallest absolute Gasteiger partial charge is 0.119 e. The molecular formula is C21H21Cl2NO. The maximum absolute atomic E-state index is 6.24. The minimum absolute atomic E-state index is 0.514. The van der Waals surface area contributed by atoms with Gasteiger partial charge in [0.05, 0.1) is 12.3 Å². The summed E-state index contributed by atoms with van der Waals surface area (Å²) in [4.78, 5) is 4.66. The maximum Gasteiger partial charge on any atom is 0.119 e. The number of halogens is 2. The van der Waals surface area contributed by atoms with Crippen LogP contribution in [-0.2, 0) is 6.42 Å². The lowest BCUT2D eigenvalue weighted by molar-refractivity contribution is 0.271. The SMILES string of the molecule is CC(C)COc1ccc2c(c1)CCN=C2/C=C/c1ccc(Cl)cc1Cl. The summed E-state index contributed by atoms with van der Waals surface area (Å²) in [6.45, 7) is 5.81. The van der Waals surface area contributed by atoms with Crippen LogP contribution >= 0.6 is 23.2 Å². The molecule has 0 N–H and O–H groups in total. The van der Waals surface area contributed by atoms with Crippen LogP contribution in [0.15, 0.2) is 47.5 Å². The summed E-state index contributed by atoms with van der Waals surface area (Å²) in [5, 5.41) is 1.27. The van der Waals surface area contributed by atoms with Gasteiger partial charge in [-0.3, -0.25) is 4.99 Å². The molecular weight excluding hydrogens is 353 g/mol. The number of aliphatic imine (C=N–C) groups is 1. The summed E-state index contributed by atoms with van der Waals surface area (Å²) in [5.74, 6) is 1.44. The quantitative estimate of drug-likeness (QED) is 0.621. The van der Waals surface area contributed by atoms with Gasteiger partial charge in [-0.2, -0.15) is 0 Å². The zero-order chi connectivity index (χ0) is 17.8. The molecule has 0 radical (unpaired) electrons. The second-order valence-corrected chi connectivity index (χ2v) is 7.38. The first-order valence-corrected chi connectivity index (χ1v) is 9.22. The summed E-state index contributed by atoms with van der Waals surface area (Å²) in [6, 6.07) is 11.7. The van der Waals surface area contributed by atoms with Gasteiger partial charge >= 0.3 is 0 Å². The highest BCUT2D eigenvalue weighted by Gasteiger charge is 2.13. The lowest BCUT2D eigenvalue weighted by Gasteiger charge is -2.17. The van der Waals surface area contributed by atoms with Gasteiger partial charge in [-0.25, -0.2) is 0 Å². The van der Waals surface area contributed by atoms with E-state index in [0.29, 0.717) is 16.0 Å². The van der Waals surface area contributed by atoms with Crippen LogP contribution in [0.5, 0.6) is 5.75 Å². The number of ether oxygens (including phenoxy) is 1. The molecule has 0 saturated carbocycles. The van der Waals surface area contributed by atoms with Crippen LogP contribution in [0.2, 0.25) is 10.0 Å². The molecule has 0 aromatic heterocycles. The summed E-state index contributed by atoms with van der Waals surface area (Å²) < 4.78 is 5.84. The van der Waals surface area contributed by atoms with Crippen LogP contribution in [0.4, 0.5) is 0 Å². The number of allylic oxidation sites excluding steroid dienone is 1. The number of nitrogens with zero attached hydrogens (tertiary/aromatic N) is 1. The van der Waals surface area contributed by atoms with Crippen molar-refractivity contribution in [2.75, 3.05) is 13.2 Å². The highest BCUT2D eigenvalue weighted by molar-refractivity contribution is 6.35. The third-order valence-electron chi connectivity index (χ3n) is 3.98. The van der Waals surface area contributed by atoms with Crippen LogP contribution in [-0.4, -0.2) is 18.9 Å². The van der Waals surface area contributed by atoms with Crippen LogP contribution in [0.1, 0.15) is 30.5 Å². The molecule has 2 aromatic carbocycles. The van der Waals surface area contributed by atoms with Gasteiger partial charge in [0.15, 0.2) is 0 Å². The molecule has 2 nitrogen and oxygen atoms in total. The fourth-order valence-corrected chi connectivity index (χ4v) is 3.18. The molecule has 0 fully saturated rings. The highest BCUT2D eigenvalue weighted by atomic mass is 35.5. The van der Waals surface area contributed by atoms with E-state index in [9.17, 15) is 0 Å². The average molecular weight is 374 g/mol. The molecule has 0 saturated heterocycles. The van der Waals surface area contributed by atoms with E-state index >= 15 is 0 Å². The zero-order valence-electron chi connectivity index (χ0n) is 14.4. The largest absolute Gasteiger partial charge is 0.493 e. The van der Waals surface area contributed by atoms with Gasteiger partial charge in [-0.1, -0.05) is 49.2 Å². The lowest BCUT2D eigenvalue weighted by Crippen LogP contribution is -2.12. The van der Waals surface area contributed by atoms with Crippen molar-refractivity contribution >= 4 is 35.0 Å². The monoisotopic (exact) mass is 373 g/mol. The molecule has 1 aliphatic rings. The summed E-state index contributed by atoms with van der Waals surface area (Å²) in [5.41, 5.74) is 4.34. The number of hydrogen-bond acceptors (Lipinski definition) is 2. The van der Waals surface area contributed by atoms with Crippen LogP contribution < -0.4 is 4.74 Å². The molecule has 4 heteroatoms. The molecule has 130 valence electrons. The Kier molecular flexibility index (Phi) is 5.82. The number of fused-ring (bicyclic) bond motifs is 1. The van der Waals surface area contributed by atoms with E-state index in [1.165, 1.54) is 5.56 Å². The molecule has 1 aliphatic heterocycles. The van der Waals surface area contributed by atoms with E-state index in [0.717, 1.165) is 42.2 Å². The summed E-state index contributed by atoms with van der Waals surface area (Å²) >= 11 is 12.2. The van der Waals surface area contributed by atoms with Gasteiger partial charge in [0, 0.05) is 22.2 Å². The minimum Gasteiger partial charge on any atom is -0.493 e. The van der Waals surface area contributed by atoms with Gasteiger partial charge in [0.25, 0.3) is 0 Å². The molecule has 0 atom stereocenters. The molecule has 2 aromatic rings. The number of rotatable bonds is 5. The Bertz CT molecular complexity index is 825. The standard InChI is InChI=1S/C21H21Cl2NO/c1-14(2)13-25-18-6-7-19-16(11-18)9-10-24-21(19)8-4-15-3-5-17(22)12-20(15)23/h3-8,11-12,14H,9-10,13H2,1-2H3/b8-4+. The van der Waals surface area contributed by atoms with Crippen molar-refractivity contribution in [1.29, 1.82) is 0 Å². The predicted octanol–water partition coefficient (Wildman–Crippen LogP) is 6.09. The van der Waals surface area contributed by atoms with Crippen LogP contribution in [0.3, 0.4) is 0 Å². The Morgan fingerprint density at radius 3 is 2.72 bits per heavy atom. The number of hydrogen-bond donors (Lipinski definition) is 0. The molecule has 0 bridgehead atoms. The predicted molar refractivity (Wildman–Crippen MR) is 107 cm³/mol. The molecule has 0 aliphatic carbocycles. The maximum atomic E-state index is 6.24. The fourth-order valence-electron chi connectivity index (χ4n) is 2.71. The third kappa shape index (κ3) is 4.65. The Morgan fingerprint density at radius 1 is 1.12 bits per heavy atom. The first kappa shape index (κ1) is 18.0. The molecule has 1 heterocycles. The van der Waals surface area contributed by atoms with Gasteiger partial charge in [-0.05, 0) is 59.9 Å². The van der Waals surface area contributed by atoms with Crippen molar-refractivity contribution < 1.29 is 4.74 Å². The molecule has 0 spiro atoms. The highest BCUT2D eigenvalue weighted by Crippen LogP contribution is 2.25. The van der Waals surface area contributed by atoms with Crippen molar-refractivity contribution in [3.8, 4) is 5.75 Å². The van der Waals surface area contributed by atoms with Gasteiger partial charge in [0.1, 0.15) is 5.75 Å². The van der Waals surface area contributed by atoms with Crippen LogP contribution in [0, 0.1) is 5.92 Å².